The first-order valence-electron chi connectivity index (χ1n) is 8.52. The second kappa shape index (κ2) is 9.10. The predicted molar refractivity (Wildman–Crippen MR) is 96.0 cm³/mol. The van der Waals surface area contributed by atoms with Gasteiger partial charge in [0.15, 0.2) is 6.04 Å². The highest BCUT2D eigenvalue weighted by Crippen LogP contribution is 2.20. The van der Waals surface area contributed by atoms with Crippen molar-refractivity contribution in [3.05, 3.63) is 71.0 Å². The molecule has 3 N–H and O–H groups in total. The first-order chi connectivity index (χ1) is 12.4. The Labute approximate surface area is 152 Å². The van der Waals surface area contributed by atoms with Crippen molar-refractivity contribution in [2.45, 2.75) is 32.4 Å². The Morgan fingerprint density at radius 2 is 1.85 bits per heavy atom. The lowest BCUT2D eigenvalue weighted by Gasteiger charge is -2.20. The fourth-order valence-electron chi connectivity index (χ4n) is 2.72. The van der Waals surface area contributed by atoms with E-state index < -0.39 is 18.0 Å². The highest BCUT2D eigenvalue weighted by molar-refractivity contribution is 5.93. The maximum Gasteiger partial charge on any atom is 0.413 e. The van der Waals surface area contributed by atoms with Crippen LogP contribution in [-0.2, 0) is 16.0 Å². The number of imide groups is 1. The number of ether oxygens (including phenoxy) is 1. The highest BCUT2D eigenvalue weighted by Gasteiger charge is 2.26. The summed E-state index contributed by atoms with van der Waals surface area (Å²) in [6.45, 7) is 3.76. The zero-order valence-electron chi connectivity index (χ0n) is 15.2. The minimum absolute atomic E-state index is 0.282. The molecule has 0 saturated heterocycles. The molecule has 2 amide bonds. The van der Waals surface area contributed by atoms with Gasteiger partial charge in [0, 0.05) is 11.1 Å². The number of benzene rings is 2. The molecule has 0 saturated carbocycles. The third kappa shape index (κ3) is 5.13. The smallest absolute Gasteiger partial charge is 0.413 e. The summed E-state index contributed by atoms with van der Waals surface area (Å²) in [6.07, 6.45) is 0.122. The molecule has 0 heterocycles. The van der Waals surface area contributed by atoms with E-state index in [1.54, 1.807) is 18.3 Å². The number of carbonyl (C=O) groups is 2. The first-order valence-corrected chi connectivity index (χ1v) is 8.52. The fourth-order valence-corrected chi connectivity index (χ4v) is 2.72. The molecule has 0 aliphatic carbocycles. The lowest BCUT2D eigenvalue weighted by atomic mass is 9.96. The summed E-state index contributed by atoms with van der Waals surface area (Å²) in [7, 11) is 1.20. The second-order valence-corrected chi connectivity index (χ2v) is 6.09. The van der Waals surface area contributed by atoms with Gasteiger partial charge in [0.25, 0.3) is 5.91 Å². The summed E-state index contributed by atoms with van der Waals surface area (Å²) >= 11 is 0. The second-order valence-electron chi connectivity index (χ2n) is 6.09. The van der Waals surface area contributed by atoms with E-state index >= 15 is 0 Å². The van der Waals surface area contributed by atoms with Gasteiger partial charge in [-0.1, -0.05) is 43.3 Å². The Morgan fingerprint density at radius 3 is 2.42 bits per heavy atom. The number of hydrogen-bond donors (Lipinski definition) is 2. The van der Waals surface area contributed by atoms with Crippen molar-refractivity contribution in [1.82, 2.24) is 5.32 Å². The van der Waals surface area contributed by atoms with E-state index in [0.29, 0.717) is 0 Å². The van der Waals surface area contributed by atoms with Gasteiger partial charge in [-0.3, -0.25) is 10.1 Å². The molecule has 2 atom stereocenters. The van der Waals surface area contributed by atoms with Crippen LogP contribution >= 0.6 is 0 Å². The molecule has 0 spiro atoms. The number of halogens is 1. The number of hydrogen-bond acceptors (Lipinski definition) is 3. The van der Waals surface area contributed by atoms with E-state index in [-0.39, 0.29) is 11.9 Å². The van der Waals surface area contributed by atoms with Crippen molar-refractivity contribution in [2.24, 2.45) is 0 Å². The topological polar surface area (TPSA) is 72.0 Å². The Balaban J connectivity index is 2.28. The van der Waals surface area contributed by atoms with Crippen LogP contribution in [0.1, 0.15) is 36.6 Å². The van der Waals surface area contributed by atoms with Crippen LogP contribution in [0.4, 0.5) is 9.18 Å². The average Bonchev–Trinajstić information content (AvgIpc) is 2.65. The Kier molecular flexibility index (Phi) is 6.86. The van der Waals surface area contributed by atoms with Crippen molar-refractivity contribution < 1.29 is 24.0 Å². The summed E-state index contributed by atoms with van der Waals surface area (Å²) in [5, 5.41) is 3.96. The van der Waals surface area contributed by atoms with E-state index in [1.807, 2.05) is 30.3 Å². The van der Waals surface area contributed by atoms with Gasteiger partial charge in [-0.25, -0.2) is 9.18 Å². The molecule has 5 nitrogen and oxygen atoms in total. The molecule has 0 bridgehead atoms. The summed E-state index contributed by atoms with van der Waals surface area (Å²) < 4.78 is 18.2. The molecule has 0 unspecified atom stereocenters. The maximum absolute atomic E-state index is 13.7. The Hall–Kier alpha value is -2.73. The number of nitrogens with one attached hydrogen (secondary N) is 1. The molecular weight excluding hydrogens is 335 g/mol. The predicted octanol–water partition coefficient (Wildman–Crippen LogP) is 2.31. The van der Waals surface area contributed by atoms with E-state index in [4.69, 9.17) is 0 Å². The third-order valence-corrected chi connectivity index (χ3v) is 4.26. The largest absolute Gasteiger partial charge is 0.453 e. The number of methoxy groups -OCH3 is 1. The zero-order chi connectivity index (χ0) is 19.1. The van der Waals surface area contributed by atoms with Gasteiger partial charge in [-0.05, 0) is 31.0 Å². The summed E-state index contributed by atoms with van der Waals surface area (Å²) in [6, 6.07) is 13.5. The van der Waals surface area contributed by atoms with Gasteiger partial charge in [0.05, 0.1) is 7.11 Å². The molecule has 0 aliphatic heterocycles. The quantitative estimate of drug-likeness (QED) is 0.831. The normalized spacial score (nSPS) is 12.9. The highest BCUT2D eigenvalue weighted by atomic mass is 19.1. The van der Waals surface area contributed by atoms with E-state index in [0.717, 1.165) is 17.5 Å². The van der Waals surface area contributed by atoms with Crippen molar-refractivity contribution in [3.63, 3.8) is 0 Å². The molecule has 0 aliphatic rings. The molecule has 6 heteroatoms. The number of quaternary nitrogens is 1. The molecule has 0 radical (unpaired) electrons. The Morgan fingerprint density at radius 1 is 1.15 bits per heavy atom. The van der Waals surface area contributed by atoms with Crippen molar-refractivity contribution in [1.29, 1.82) is 0 Å². The molecule has 2 rings (SSSR count). The number of nitrogens with two attached hydrogens (primary N) is 1. The summed E-state index contributed by atoms with van der Waals surface area (Å²) in [4.78, 5) is 23.4. The Bertz CT molecular complexity index is 762. The number of alkyl carbamates (subject to hydrolysis) is 1. The summed E-state index contributed by atoms with van der Waals surface area (Å²) in [5.74, 6) is -0.804. The van der Waals surface area contributed by atoms with Crippen LogP contribution in [0.5, 0.6) is 0 Å². The van der Waals surface area contributed by atoms with Gasteiger partial charge < -0.3 is 10.1 Å². The zero-order valence-corrected chi connectivity index (χ0v) is 15.2. The van der Waals surface area contributed by atoms with Crippen LogP contribution in [0.3, 0.4) is 0 Å². The van der Waals surface area contributed by atoms with Crippen molar-refractivity contribution >= 4 is 12.0 Å². The lowest BCUT2D eigenvalue weighted by Crippen LogP contribution is -2.92. The SMILES string of the molecule is CCc1ccc([C@H]([NH2+][C@@H](C)C(=O)NC(=O)OC)c2cccc(F)c2)cc1. The molecule has 138 valence electrons. The monoisotopic (exact) mass is 359 g/mol. The van der Waals surface area contributed by atoms with E-state index in [1.165, 1.54) is 24.8 Å². The molecule has 26 heavy (non-hydrogen) atoms. The van der Waals surface area contributed by atoms with Crippen LogP contribution < -0.4 is 10.6 Å². The number of carbonyl (C=O) groups excluding carboxylic acids is 2. The average molecular weight is 359 g/mol. The van der Waals surface area contributed by atoms with Gasteiger partial charge in [-0.15, -0.1) is 0 Å². The van der Waals surface area contributed by atoms with Crippen LogP contribution in [0.15, 0.2) is 48.5 Å². The minimum atomic E-state index is -0.801. The van der Waals surface area contributed by atoms with Crippen LogP contribution in [0.2, 0.25) is 0 Å². The molecule has 2 aromatic carbocycles. The van der Waals surface area contributed by atoms with E-state index in [9.17, 15) is 14.0 Å². The van der Waals surface area contributed by atoms with Crippen LogP contribution in [0.25, 0.3) is 0 Å². The standard InChI is InChI=1S/C20H23FN2O3/c1-4-14-8-10-15(11-9-14)18(16-6-5-7-17(21)12-16)22-13(2)19(24)23-20(25)26-3/h5-13,18,22H,4H2,1-3H3,(H,23,24,25)/p+1/t13-,18-/m0/s1. The first kappa shape index (κ1) is 19.6. The number of rotatable bonds is 6. The molecule has 2 aromatic rings. The molecular formula is C20H24FN2O3+. The van der Waals surface area contributed by atoms with Crippen molar-refractivity contribution in [2.75, 3.05) is 7.11 Å². The van der Waals surface area contributed by atoms with E-state index in [2.05, 4.69) is 17.0 Å². The number of aryl methyl sites for hydroxylation is 1. The van der Waals surface area contributed by atoms with Gasteiger partial charge in [0.1, 0.15) is 11.9 Å². The third-order valence-electron chi connectivity index (χ3n) is 4.26. The van der Waals surface area contributed by atoms with Crippen LogP contribution in [-0.4, -0.2) is 25.2 Å². The van der Waals surface area contributed by atoms with Crippen molar-refractivity contribution in [3.8, 4) is 0 Å². The van der Waals surface area contributed by atoms with Gasteiger partial charge in [0.2, 0.25) is 0 Å². The summed E-state index contributed by atoms with van der Waals surface area (Å²) in [5.41, 5.74) is 2.89. The van der Waals surface area contributed by atoms with Crippen LogP contribution in [0, 0.1) is 5.82 Å². The van der Waals surface area contributed by atoms with Gasteiger partial charge in [-0.2, -0.15) is 0 Å². The molecule has 0 fully saturated rings. The lowest BCUT2D eigenvalue weighted by molar-refractivity contribution is -0.704. The molecule has 0 aromatic heterocycles. The number of amides is 2. The minimum Gasteiger partial charge on any atom is -0.453 e. The van der Waals surface area contributed by atoms with Gasteiger partial charge >= 0.3 is 6.09 Å². The fraction of sp³-hybridized carbons (Fsp3) is 0.300. The maximum atomic E-state index is 13.7.